The van der Waals surface area contributed by atoms with Crippen molar-refractivity contribution in [1.82, 2.24) is 15.2 Å². The quantitative estimate of drug-likeness (QED) is 0.561. The predicted octanol–water partition coefficient (Wildman–Crippen LogP) is 4.23. The van der Waals surface area contributed by atoms with Crippen LogP contribution >= 0.6 is 11.8 Å². The molecule has 1 aromatic heterocycles. The van der Waals surface area contributed by atoms with E-state index in [9.17, 15) is 9.59 Å². The molecule has 9 heteroatoms. The summed E-state index contributed by atoms with van der Waals surface area (Å²) in [6.45, 7) is 13.5. The molecular weight excluding hydrogens is 488 g/mol. The number of aliphatic imine (C=N–C) groups is 1. The van der Waals surface area contributed by atoms with Crippen LogP contribution in [0.2, 0.25) is 0 Å². The van der Waals surface area contributed by atoms with Gasteiger partial charge in [0.25, 0.3) is 11.8 Å². The molecule has 0 spiro atoms. The van der Waals surface area contributed by atoms with E-state index in [0.29, 0.717) is 24.5 Å². The lowest BCUT2D eigenvalue weighted by atomic mass is 10.0. The van der Waals surface area contributed by atoms with E-state index in [1.807, 2.05) is 50.4 Å². The van der Waals surface area contributed by atoms with Gasteiger partial charge < -0.3 is 24.7 Å². The summed E-state index contributed by atoms with van der Waals surface area (Å²) in [4.78, 5) is 31.0. The number of thioether (sulfide) groups is 1. The maximum atomic E-state index is 13.5. The summed E-state index contributed by atoms with van der Waals surface area (Å²) in [6.07, 6.45) is 3.41. The zero-order valence-electron chi connectivity index (χ0n) is 22.8. The number of nitrogens with one attached hydrogen (secondary N) is 2. The molecule has 2 N–H and O–H groups in total. The van der Waals surface area contributed by atoms with Gasteiger partial charge in [0.2, 0.25) is 0 Å². The highest BCUT2D eigenvalue weighted by Gasteiger charge is 2.33. The van der Waals surface area contributed by atoms with Gasteiger partial charge in [-0.05, 0) is 59.9 Å². The molecule has 2 aliphatic heterocycles. The number of hydrogen-bond acceptors (Lipinski definition) is 6. The minimum absolute atomic E-state index is 0.0227. The third-order valence-corrected chi connectivity index (χ3v) is 7.60. The molecule has 0 aliphatic carbocycles. The first-order valence-corrected chi connectivity index (χ1v) is 14.0. The van der Waals surface area contributed by atoms with Crippen LogP contribution in [-0.2, 0) is 14.3 Å². The Morgan fingerprint density at radius 2 is 1.89 bits per heavy atom. The normalized spacial score (nSPS) is 23.5. The molecule has 1 saturated heterocycles. The Kier molecular flexibility index (Phi) is 8.28. The molecule has 1 fully saturated rings. The van der Waals surface area contributed by atoms with Crippen molar-refractivity contribution < 1.29 is 19.1 Å². The lowest BCUT2D eigenvalue weighted by molar-refractivity contribution is -0.209. The summed E-state index contributed by atoms with van der Waals surface area (Å²) in [5.74, 6) is -0.892. The maximum Gasteiger partial charge on any atom is 0.255 e. The standard InChI is InChI=1S/C28H38N4O4S/c1-16-12-23(37-7)21(25(33)30-16)13-29-26(34)24-17(2)32(22-11-9-8-10-20(22)24)18(3)27-35-14-19(15-36-27)31-28(4,5)6/h8-12,18-19,21,27,31H,13-15H2,1-7H3,(H,29,34)/t18-,19?,21?,27?/m1/s1. The van der Waals surface area contributed by atoms with Crippen molar-refractivity contribution in [2.45, 2.75) is 65.5 Å². The molecule has 4 rings (SSSR count). The van der Waals surface area contributed by atoms with Gasteiger partial charge >= 0.3 is 0 Å². The van der Waals surface area contributed by atoms with Crippen molar-refractivity contribution in [3.8, 4) is 0 Å². The molecule has 2 amide bonds. The number of carbonyl (C=O) groups is 2. The van der Waals surface area contributed by atoms with E-state index in [2.05, 4.69) is 47.9 Å². The van der Waals surface area contributed by atoms with Gasteiger partial charge in [0, 0.05) is 39.3 Å². The molecule has 200 valence electrons. The van der Waals surface area contributed by atoms with Crippen molar-refractivity contribution >= 4 is 40.2 Å². The van der Waals surface area contributed by atoms with E-state index >= 15 is 0 Å². The fourth-order valence-corrected chi connectivity index (χ4v) is 5.96. The van der Waals surface area contributed by atoms with Crippen molar-refractivity contribution in [3.05, 3.63) is 46.5 Å². The SMILES string of the molecule is CSC1=CC(C)=NC(=O)C1CNC(=O)c1c(C)n([C@H](C)C2OCC(NC(C)(C)C)CO2)c2ccccc12. The number of rotatable bonds is 7. The molecule has 2 atom stereocenters. The second-order valence-corrected chi connectivity index (χ2v) is 11.7. The van der Waals surface area contributed by atoms with Crippen molar-refractivity contribution in [2.24, 2.45) is 10.9 Å². The van der Waals surface area contributed by atoms with Gasteiger partial charge in [0.1, 0.15) is 0 Å². The minimum atomic E-state index is -0.464. The number of carbonyl (C=O) groups excluding carboxylic acids is 2. The van der Waals surface area contributed by atoms with Crippen LogP contribution in [0.5, 0.6) is 0 Å². The second kappa shape index (κ2) is 11.1. The Balaban J connectivity index is 1.54. The lowest BCUT2D eigenvalue weighted by Crippen LogP contribution is -2.52. The van der Waals surface area contributed by atoms with Gasteiger partial charge in [-0.3, -0.25) is 9.59 Å². The Morgan fingerprint density at radius 1 is 1.22 bits per heavy atom. The topological polar surface area (TPSA) is 94.0 Å². The largest absolute Gasteiger partial charge is 0.351 e. The number of allylic oxidation sites excluding steroid dienone is 1. The molecule has 0 bridgehead atoms. The van der Waals surface area contributed by atoms with Crippen molar-refractivity contribution in [3.63, 3.8) is 0 Å². The van der Waals surface area contributed by atoms with E-state index in [0.717, 1.165) is 21.5 Å². The summed E-state index contributed by atoms with van der Waals surface area (Å²) in [6, 6.07) is 7.85. The van der Waals surface area contributed by atoms with Gasteiger partial charge in [0.05, 0.1) is 36.8 Å². The summed E-state index contributed by atoms with van der Waals surface area (Å²) in [5, 5.41) is 7.39. The highest BCUT2D eigenvalue weighted by Crippen LogP contribution is 2.33. The van der Waals surface area contributed by atoms with Gasteiger partial charge in [-0.25, -0.2) is 4.99 Å². The number of dihydropyridines is 1. The number of nitrogens with zero attached hydrogens (tertiary/aromatic N) is 2. The molecule has 2 aliphatic rings. The first kappa shape index (κ1) is 27.6. The van der Waals surface area contributed by atoms with Crippen LogP contribution in [-0.4, -0.2) is 66.0 Å². The van der Waals surface area contributed by atoms with Gasteiger partial charge in [-0.2, -0.15) is 0 Å². The van der Waals surface area contributed by atoms with E-state index in [-0.39, 0.29) is 36.0 Å². The molecule has 2 aromatic rings. The molecule has 0 saturated carbocycles. The smallest absolute Gasteiger partial charge is 0.255 e. The summed E-state index contributed by atoms with van der Waals surface area (Å²) in [5.41, 5.74) is 3.04. The Morgan fingerprint density at radius 3 is 2.54 bits per heavy atom. The predicted molar refractivity (Wildman–Crippen MR) is 149 cm³/mol. The zero-order chi connectivity index (χ0) is 26.9. The highest BCUT2D eigenvalue weighted by molar-refractivity contribution is 8.02. The highest BCUT2D eigenvalue weighted by atomic mass is 32.2. The summed E-state index contributed by atoms with van der Waals surface area (Å²) < 4.78 is 14.4. The Hall–Kier alpha value is -2.46. The van der Waals surface area contributed by atoms with Crippen LogP contribution in [0.25, 0.3) is 10.9 Å². The van der Waals surface area contributed by atoms with Crippen LogP contribution < -0.4 is 10.6 Å². The van der Waals surface area contributed by atoms with Crippen LogP contribution in [0.3, 0.4) is 0 Å². The number of fused-ring (bicyclic) bond motifs is 1. The molecule has 37 heavy (non-hydrogen) atoms. The third kappa shape index (κ3) is 6.00. The minimum Gasteiger partial charge on any atom is -0.351 e. The van der Waals surface area contributed by atoms with Crippen LogP contribution in [0.4, 0.5) is 0 Å². The summed E-state index contributed by atoms with van der Waals surface area (Å²) >= 11 is 1.51. The van der Waals surface area contributed by atoms with E-state index < -0.39 is 12.2 Å². The van der Waals surface area contributed by atoms with E-state index in [4.69, 9.17) is 9.47 Å². The van der Waals surface area contributed by atoms with Crippen molar-refractivity contribution in [1.29, 1.82) is 0 Å². The maximum absolute atomic E-state index is 13.5. The number of aromatic nitrogens is 1. The van der Waals surface area contributed by atoms with Gasteiger partial charge in [-0.1, -0.05) is 18.2 Å². The number of amides is 2. The number of hydrogen-bond donors (Lipinski definition) is 2. The number of ether oxygens (including phenoxy) is 2. The number of benzene rings is 1. The second-order valence-electron chi connectivity index (χ2n) is 10.8. The fourth-order valence-electron chi connectivity index (χ4n) is 5.20. The molecule has 1 aromatic carbocycles. The van der Waals surface area contributed by atoms with Gasteiger partial charge in [-0.15, -0.1) is 11.8 Å². The molecular formula is C28H38N4O4S. The van der Waals surface area contributed by atoms with E-state index in [1.165, 1.54) is 11.8 Å². The Bertz CT molecular complexity index is 1230. The summed E-state index contributed by atoms with van der Waals surface area (Å²) in [7, 11) is 0. The fraction of sp³-hybridized carbons (Fsp3) is 0.536. The molecule has 1 unspecified atom stereocenters. The molecule has 0 radical (unpaired) electrons. The number of para-hydroxylation sites is 1. The van der Waals surface area contributed by atoms with Crippen molar-refractivity contribution in [2.75, 3.05) is 26.0 Å². The average molecular weight is 527 g/mol. The van der Waals surface area contributed by atoms with Crippen LogP contribution in [0.15, 0.2) is 40.2 Å². The van der Waals surface area contributed by atoms with Gasteiger partial charge in [0.15, 0.2) is 6.29 Å². The zero-order valence-corrected chi connectivity index (χ0v) is 23.6. The molecule has 3 heterocycles. The first-order chi connectivity index (χ1) is 17.5. The van der Waals surface area contributed by atoms with Crippen LogP contribution in [0.1, 0.15) is 56.7 Å². The molecule has 8 nitrogen and oxygen atoms in total. The third-order valence-electron chi connectivity index (χ3n) is 6.73. The Labute approximate surface area is 223 Å². The van der Waals surface area contributed by atoms with E-state index in [1.54, 1.807) is 0 Å². The monoisotopic (exact) mass is 526 g/mol. The average Bonchev–Trinajstić information content (AvgIpc) is 3.13. The van der Waals surface area contributed by atoms with Crippen LogP contribution in [0, 0.1) is 12.8 Å². The lowest BCUT2D eigenvalue weighted by Gasteiger charge is -2.37. The first-order valence-electron chi connectivity index (χ1n) is 12.7.